The zero-order valence-electron chi connectivity index (χ0n) is 9.96. The van der Waals surface area contributed by atoms with E-state index in [-0.39, 0.29) is 5.75 Å². The third-order valence-corrected chi connectivity index (χ3v) is 2.94. The fourth-order valence-corrected chi connectivity index (χ4v) is 1.82. The van der Waals surface area contributed by atoms with Crippen LogP contribution in [0.15, 0.2) is 24.3 Å². The van der Waals surface area contributed by atoms with Gasteiger partial charge < -0.3 is 35.0 Å². The van der Waals surface area contributed by atoms with Crippen LogP contribution in [0.4, 0.5) is 0 Å². The highest BCUT2D eigenvalue weighted by Gasteiger charge is 2.44. The Balaban J connectivity index is 2.08. The summed E-state index contributed by atoms with van der Waals surface area (Å²) >= 11 is 0. The maximum Gasteiger partial charge on any atom is 0.229 e. The Morgan fingerprint density at radius 3 is 2.21 bits per heavy atom. The molecule has 1 fully saturated rings. The molecule has 3 unspecified atom stereocenters. The van der Waals surface area contributed by atoms with Crippen molar-refractivity contribution in [2.75, 3.05) is 6.61 Å². The number of ether oxygens (including phenoxy) is 2. The number of phenols is 1. The minimum atomic E-state index is -1.48. The summed E-state index contributed by atoms with van der Waals surface area (Å²) < 4.78 is 10.5. The molecule has 0 bridgehead atoms. The van der Waals surface area contributed by atoms with Gasteiger partial charge in [0.15, 0.2) is 0 Å². The van der Waals surface area contributed by atoms with E-state index >= 15 is 0 Å². The van der Waals surface area contributed by atoms with Gasteiger partial charge in [0, 0.05) is 0 Å². The van der Waals surface area contributed by atoms with Gasteiger partial charge in [-0.25, -0.2) is 0 Å². The Kier molecular flexibility index (Phi) is 4.23. The van der Waals surface area contributed by atoms with E-state index in [4.69, 9.17) is 19.7 Å². The third-order valence-electron chi connectivity index (χ3n) is 2.94. The van der Waals surface area contributed by atoms with E-state index < -0.39 is 37.3 Å². The van der Waals surface area contributed by atoms with Crippen molar-refractivity contribution in [2.24, 2.45) is 0 Å². The van der Waals surface area contributed by atoms with Crippen LogP contribution in [0, 0.1) is 0 Å². The van der Waals surface area contributed by atoms with E-state index in [1.165, 1.54) is 24.3 Å². The molecule has 1 heterocycles. The molecule has 0 saturated carbocycles. The number of rotatable bonds is 3. The van der Waals surface area contributed by atoms with Crippen LogP contribution >= 0.6 is 0 Å². The molecular weight excluding hydrogens is 256 g/mol. The van der Waals surface area contributed by atoms with Crippen molar-refractivity contribution >= 4 is 0 Å². The first-order valence-corrected chi connectivity index (χ1v) is 5.79. The van der Waals surface area contributed by atoms with E-state index in [1.807, 2.05) is 0 Å². The summed E-state index contributed by atoms with van der Waals surface area (Å²) in [5.41, 5.74) is 0. The van der Waals surface area contributed by atoms with Crippen molar-refractivity contribution in [3.63, 3.8) is 0 Å². The second-order valence-electron chi connectivity index (χ2n) is 4.31. The van der Waals surface area contributed by atoms with E-state index in [0.29, 0.717) is 5.75 Å². The number of phenolic OH excluding ortho intramolecular Hbond substituents is 1. The van der Waals surface area contributed by atoms with Gasteiger partial charge in [0.05, 0.1) is 6.61 Å². The van der Waals surface area contributed by atoms with Gasteiger partial charge in [-0.1, -0.05) is 0 Å². The Morgan fingerprint density at radius 1 is 1.00 bits per heavy atom. The number of benzene rings is 1. The molecule has 1 aliphatic rings. The summed E-state index contributed by atoms with van der Waals surface area (Å²) in [7, 11) is 0. The summed E-state index contributed by atoms with van der Waals surface area (Å²) in [6.45, 7) is -0.514. The quantitative estimate of drug-likeness (QED) is 0.457. The Morgan fingerprint density at radius 2 is 1.63 bits per heavy atom. The lowest BCUT2D eigenvalue weighted by Crippen LogP contribution is -2.60. The SMILES string of the molecule is OCC1O[C@@H](Oc2ccc(O)cc2)C(O)C(O)[C@@H]1O. The van der Waals surface area contributed by atoms with Crippen molar-refractivity contribution in [1.29, 1.82) is 0 Å². The van der Waals surface area contributed by atoms with Gasteiger partial charge in [-0.2, -0.15) is 0 Å². The Bertz CT molecular complexity index is 405. The lowest BCUT2D eigenvalue weighted by atomic mass is 9.99. The lowest BCUT2D eigenvalue weighted by molar-refractivity contribution is -0.277. The first-order chi connectivity index (χ1) is 9.02. The summed E-state index contributed by atoms with van der Waals surface area (Å²) in [6.07, 6.45) is -6.58. The van der Waals surface area contributed by atoms with Crippen molar-refractivity contribution in [3.05, 3.63) is 24.3 Å². The smallest absolute Gasteiger partial charge is 0.229 e. The summed E-state index contributed by atoms with van der Waals surface area (Å²) in [5.74, 6) is 0.364. The molecule has 5 N–H and O–H groups in total. The van der Waals surface area contributed by atoms with Crippen molar-refractivity contribution in [3.8, 4) is 11.5 Å². The van der Waals surface area contributed by atoms with Crippen LogP contribution in [0.2, 0.25) is 0 Å². The molecule has 0 aromatic heterocycles. The molecular formula is C12H16O7. The van der Waals surface area contributed by atoms with E-state index in [9.17, 15) is 15.3 Å². The van der Waals surface area contributed by atoms with E-state index in [2.05, 4.69) is 0 Å². The molecule has 1 aromatic carbocycles. The molecule has 0 spiro atoms. The molecule has 0 aliphatic carbocycles. The van der Waals surface area contributed by atoms with Gasteiger partial charge in [0.1, 0.15) is 35.9 Å². The predicted molar refractivity (Wildman–Crippen MR) is 62.5 cm³/mol. The fraction of sp³-hybridized carbons (Fsp3) is 0.500. The first kappa shape index (κ1) is 14.0. The first-order valence-electron chi connectivity index (χ1n) is 5.79. The Hall–Kier alpha value is -1.38. The van der Waals surface area contributed by atoms with Crippen LogP contribution in [0.5, 0.6) is 11.5 Å². The summed E-state index contributed by atoms with van der Waals surface area (Å²) in [4.78, 5) is 0. The molecule has 19 heavy (non-hydrogen) atoms. The minimum Gasteiger partial charge on any atom is -0.508 e. The molecule has 1 saturated heterocycles. The van der Waals surface area contributed by atoms with Crippen molar-refractivity contribution in [1.82, 2.24) is 0 Å². The van der Waals surface area contributed by atoms with Crippen LogP contribution in [-0.2, 0) is 4.74 Å². The lowest BCUT2D eigenvalue weighted by Gasteiger charge is -2.39. The molecule has 1 aromatic rings. The van der Waals surface area contributed by atoms with Gasteiger partial charge >= 0.3 is 0 Å². The van der Waals surface area contributed by atoms with Crippen LogP contribution in [-0.4, -0.2) is 62.8 Å². The molecule has 7 nitrogen and oxygen atoms in total. The van der Waals surface area contributed by atoms with Crippen LogP contribution in [0.1, 0.15) is 0 Å². The molecule has 0 amide bonds. The molecule has 2 rings (SSSR count). The minimum absolute atomic E-state index is 0.0566. The fourth-order valence-electron chi connectivity index (χ4n) is 1.82. The number of aromatic hydroxyl groups is 1. The van der Waals surface area contributed by atoms with Gasteiger partial charge in [-0.15, -0.1) is 0 Å². The second kappa shape index (κ2) is 5.72. The van der Waals surface area contributed by atoms with Crippen LogP contribution in [0.3, 0.4) is 0 Å². The van der Waals surface area contributed by atoms with Crippen molar-refractivity contribution < 1.29 is 35.0 Å². The maximum absolute atomic E-state index is 9.75. The number of aliphatic hydroxyl groups is 4. The zero-order chi connectivity index (χ0) is 14.0. The topological polar surface area (TPSA) is 120 Å². The highest BCUT2D eigenvalue weighted by molar-refractivity contribution is 5.30. The molecule has 1 aliphatic heterocycles. The predicted octanol–water partition coefficient (Wildman–Crippen LogP) is -1.43. The van der Waals surface area contributed by atoms with E-state index in [1.54, 1.807) is 0 Å². The number of aliphatic hydroxyl groups excluding tert-OH is 4. The highest BCUT2D eigenvalue weighted by Crippen LogP contribution is 2.25. The van der Waals surface area contributed by atoms with Crippen LogP contribution < -0.4 is 4.74 Å². The number of hydrogen-bond acceptors (Lipinski definition) is 7. The normalized spacial score (nSPS) is 35.1. The molecule has 0 radical (unpaired) electrons. The third kappa shape index (κ3) is 2.96. The summed E-state index contributed by atoms with van der Waals surface area (Å²) in [6, 6.07) is 5.69. The largest absolute Gasteiger partial charge is 0.508 e. The monoisotopic (exact) mass is 272 g/mol. The maximum atomic E-state index is 9.75. The average molecular weight is 272 g/mol. The van der Waals surface area contributed by atoms with Gasteiger partial charge in [-0.3, -0.25) is 0 Å². The van der Waals surface area contributed by atoms with Crippen molar-refractivity contribution in [2.45, 2.75) is 30.7 Å². The van der Waals surface area contributed by atoms with Gasteiger partial charge in [0.2, 0.25) is 6.29 Å². The second-order valence-corrected chi connectivity index (χ2v) is 4.31. The average Bonchev–Trinajstić information content (AvgIpc) is 2.42. The van der Waals surface area contributed by atoms with Crippen LogP contribution in [0.25, 0.3) is 0 Å². The summed E-state index contributed by atoms with van der Waals surface area (Å²) in [5, 5.41) is 47.1. The highest BCUT2D eigenvalue weighted by atomic mass is 16.7. The molecule has 5 atom stereocenters. The molecule has 7 heteroatoms. The van der Waals surface area contributed by atoms with Gasteiger partial charge in [0.25, 0.3) is 0 Å². The zero-order valence-corrected chi connectivity index (χ0v) is 9.96. The van der Waals surface area contributed by atoms with Gasteiger partial charge in [-0.05, 0) is 24.3 Å². The number of hydrogen-bond donors (Lipinski definition) is 5. The Labute approximate surface area is 109 Å². The molecule has 106 valence electrons. The standard InChI is InChI=1S/C12H16O7/c13-5-8-9(15)10(16)11(17)12(19-8)18-7-3-1-6(14)2-4-7/h1-4,8-17H,5H2/t8?,9-,10?,11?,12-/m1/s1. The van der Waals surface area contributed by atoms with E-state index in [0.717, 1.165) is 0 Å².